The van der Waals surface area contributed by atoms with Crippen molar-refractivity contribution >= 4 is 65.1 Å². The number of likely N-dealkylation sites (N-methyl/N-ethyl adjacent to an activating group) is 1. The van der Waals surface area contributed by atoms with E-state index in [0.29, 0.717) is 29.9 Å². The van der Waals surface area contributed by atoms with E-state index in [0.717, 1.165) is 4.90 Å². The standard InChI is InChI=1S/C47H66N10O14/c1-27(2)23-35(46(69)56(3)36(17-18-40(61)62)47(70)57-22-8-9-29(57)24-37(49)58)55-43(66)32(19-20-48)53-45(68)34(26-41(63)64)54-44(67)33(25-38(50)59)52-39(60)12-7-21-51-42(65)28-13-15-31(16-14-28)71-30-10-5-4-6-11-30/h4-6,10-11,13-16,27,29,32-36H,7-9,12,17-26,48H2,1-3H3,(H2,49,58)(H2,50,59)(H,51,65)(H,52,60)(H,53,68)(H,54,67)(H,55,66)(H,61,62)(H,63,64)/t29-,32-,33-,34-,35-,36-/m0/s1. The number of carbonyl (C=O) groups is 11. The van der Waals surface area contributed by atoms with Crippen LogP contribution in [-0.2, 0) is 47.9 Å². The van der Waals surface area contributed by atoms with Crippen molar-refractivity contribution < 1.29 is 67.7 Å². The molecule has 3 rings (SSSR count). The number of carbonyl (C=O) groups excluding carboxylic acids is 9. The van der Waals surface area contributed by atoms with Crippen LogP contribution in [0.3, 0.4) is 0 Å². The van der Waals surface area contributed by atoms with Crippen LogP contribution in [0.2, 0.25) is 0 Å². The van der Waals surface area contributed by atoms with Gasteiger partial charge in [0.05, 0.1) is 12.8 Å². The van der Waals surface area contributed by atoms with Gasteiger partial charge in [-0.05, 0) is 87.4 Å². The average molecular weight is 995 g/mol. The summed E-state index contributed by atoms with van der Waals surface area (Å²) in [6, 6.07) is 7.08. The van der Waals surface area contributed by atoms with Crippen LogP contribution in [0.5, 0.6) is 11.5 Å². The first-order chi connectivity index (χ1) is 33.6. The first-order valence-corrected chi connectivity index (χ1v) is 23.2. The molecule has 1 saturated heterocycles. The van der Waals surface area contributed by atoms with Crippen LogP contribution < -0.4 is 48.5 Å². The molecule has 1 aliphatic rings. The first kappa shape index (κ1) is 57.7. The van der Waals surface area contributed by atoms with Crippen molar-refractivity contribution in [2.75, 3.05) is 26.7 Å². The highest BCUT2D eigenvalue weighted by atomic mass is 16.5. The molecule has 71 heavy (non-hydrogen) atoms. The molecule has 2 aromatic carbocycles. The predicted molar refractivity (Wildman–Crippen MR) is 253 cm³/mol. The number of para-hydroxylation sites is 1. The number of carboxylic acids is 2. The third-order valence-electron chi connectivity index (χ3n) is 11.3. The van der Waals surface area contributed by atoms with Crippen LogP contribution >= 0.6 is 0 Å². The van der Waals surface area contributed by atoms with Crippen LogP contribution in [0.1, 0.15) is 94.8 Å². The van der Waals surface area contributed by atoms with Gasteiger partial charge >= 0.3 is 11.9 Å². The maximum absolute atomic E-state index is 14.2. The zero-order valence-electron chi connectivity index (χ0n) is 40.1. The number of amides is 9. The molecule has 0 radical (unpaired) electrons. The summed E-state index contributed by atoms with van der Waals surface area (Å²) >= 11 is 0. The number of nitrogens with one attached hydrogen (secondary N) is 5. The van der Waals surface area contributed by atoms with Gasteiger partial charge in [-0.15, -0.1) is 0 Å². The van der Waals surface area contributed by atoms with Crippen molar-refractivity contribution in [1.82, 2.24) is 36.4 Å². The van der Waals surface area contributed by atoms with Gasteiger partial charge in [-0.3, -0.25) is 52.7 Å². The fourth-order valence-electron chi connectivity index (χ4n) is 7.76. The Kier molecular flexibility index (Phi) is 23.4. The molecular formula is C47H66N10O14. The number of nitrogens with two attached hydrogens (primary N) is 3. The molecule has 0 unspecified atom stereocenters. The van der Waals surface area contributed by atoms with Crippen molar-refractivity contribution in [2.24, 2.45) is 23.1 Å². The summed E-state index contributed by atoms with van der Waals surface area (Å²) in [5.41, 5.74) is 16.8. The number of ether oxygens (including phenoxy) is 1. The maximum atomic E-state index is 14.2. The summed E-state index contributed by atoms with van der Waals surface area (Å²) in [6.07, 6.45) is -2.11. The molecule has 0 saturated carbocycles. The summed E-state index contributed by atoms with van der Waals surface area (Å²) < 4.78 is 5.73. The number of rotatable bonds is 30. The van der Waals surface area contributed by atoms with E-state index in [-0.39, 0.29) is 64.1 Å². The third kappa shape index (κ3) is 19.7. The van der Waals surface area contributed by atoms with E-state index >= 15 is 0 Å². The molecule has 1 fully saturated rings. The lowest BCUT2D eigenvalue weighted by Gasteiger charge is -2.35. The van der Waals surface area contributed by atoms with Crippen LogP contribution in [0.25, 0.3) is 0 Å². The summed E-state index contributed by atoms with van der Waals surface area (Å²) in [7, 11) is 1.28. The molecule has 6 atom stereocenters. The molecule has 0 aliphatic carbocycles. The molecule has 388 valence electrons. The lowest BCUT2D eigenvalue weighted by molar-refractivity contribution is -0.148. The average Bonchev–Trinajstić information content (AvgIpc) is 3.76. The minimum atomic E-state index is -1.89. The second kappa shape index (κ2) is 28.8. The normalized spacial score (nSPS) is 15.2. The fourth-order valence-corrected chi connectivity index (χ4v) is 7.76. The van der Waals surface area contributed by atoms with Gasteiger partial charge in [0.2, 0.25) is 47.3 Å². The van der Waals surface area contributed by atoms with E-state index in [1.54, 1.807) is 50.2 Å². The van der Waals surface area contributed by atoms with Gasteiger partial charge in [0.25, 0.3) is 5.91 Å². The maximum Gasteiger partial charge on any atom is 0.305 e. The number of carboxylic acid groups (broad SMARTS) is 2. The van der Waals surface area contributed by atoms with E-state index < -0.39 is 121 Å². The number of primary amides is 2. The molecule has 0 aromatic heterocycles. The Morgan fingerprint density at radius 3 is 1.90 bits per heavy atom. The number of nitrogens with zero attached hydrogens (tertiary/aromatic N) is 2. The Bertz CT molecular complexity index is 2210. The zero-order chi connectivity index (χ0) is 52.8. The second-order valence-corrected chi connectivity index (χ2v) is 17.5. The molecule has 1 aliphatic heterocycles. The molecule has 1 heterocycles. The fraction of sp³-hybridized carbons (Fsp3) is 0.511. The van der Waals surface area contributed by atoms with Gasteiger partial charge < -0.3 is 68.5 Å². The number of aliphatic carboxylic acids is 2. The van der Waals surface area contributed by atoms with Crippen LogP contribution in [-0.4, -0.2) is 148 Å². The second-order valence-electron chi connectivity index (χ2n) is 17.5. The van der Waals surface area contributed by atoms with E-state index in [2.05, 4.69) is 26.6 Å². The van der Waals surface area contributed by atoms with E-state index in [4.69, 9.17) is 21.9 Å². The van der Waals surface area contributed by atoms with Gasteiger partial charge in [-0.1, -0.05) is 32.0 Å². The van der Waals surface area contributed by atoms with Gasteiger partial charge in [-0.25, -0.2) is 0 Å². The molecule has 0 bridgehead atoms. The Morgan fingerprint density at radius 1 is 0.732 bits per heavy atom. The Morgan fingerprint density at radius 2 is 1.32 bits per heavy atom. The largest absolute Gasteiger partial charge is 0.481 e. The SMILES string of the molecule is CC(C)C[C@H](NC(=O)[C@H](CCN)NC(=O)[C@H](CC(=O)O)NC(=O)[C@H](CC(N)=O)NC(=O)CCCNC(=O)c1ccc(Oc2ccccc2)cc1)C(=O)N(C)[C@@H](CCC(=O)O)C(=O)N1CCC[C@H]1CC(N)=O. The summed E-state index contributed by atoms with van der Waals surface area (Å²) in [6.45, 7) is 3.56. The Labute approximate surface area is 410 Å². The van der Waals surface area contributed by atoms with Gasteiger partial charge in [0.1, 0.15) is 41.7 Å². The Hall–Kier alpha value is -7.63. The smallest absolute Gasteiger partial charge is 0.305 e. The molecule has 13 N–H and O–H groups in total. The number of likely N-dealkylation sites (tertiary alicyclic amines) is 1. The number of benzene rings is 2. The molecule has 24 heteroatoms. The molecule has 2 aromatic rings. The topological polar surface area (TPSA) is 382 Å². The molecular weight excluding hydrogens is 929 g/mol. The summed E-state index contributed by atoms with van der Waals surface area (Å²) in [4.78, 5) is 144. The quantitative estimate of drug-likeness (QED) is 0.0430. The first-order valence-electron chi connectivity index (χ1n) is 23.2. The summed E-state index contributed by atoms with van der Waals surface area (Å²) in [5.74, 6) is -9.47. The third-order valence-corrected chi connectivity index (χ3v) is 11.3. The minimum absolute atomic E-state index is 0.00580. The predicted octanol–water partition coefficient (Wildman–Crippen LogP) is -0.769. The van der Waals surface area contributed by atoms with E-state index in [1.165, 1.54) is 11.9 Å². The van der Waals surface area contributed by atoms with Crippen molar-refractivity contribution in [3.63, 3.8) is 0 Å². The lowest BCUT2D eigenvalue weighted by Crippen LogP contribution is -2.60. The Balaban J connectivity index is 1.68. The molecule has 9 amide bonds. The van der Waals surface area contributed by atoms with Gasteiger partial charge in [0.15, 0.2) is 0 Å². The number of hydrogen-bond donors (Lipinski definition) is 10. The lowest BCUT2D eigenvalue weighted by atomic mass is 9.99. The van der Waals surface area contributed by atoms with E-state index in [9.17, 15) is 63.0 Å². The molecule has 24 nitrogen and oxygen atoms in total. The summed E-state index contributed by atoms with van der Waals surface area (Å²) in [5, 5.41) is 31.3. The minimum Gasteiger partial charge on any atom is -0.481 e. The number of hydrogen-bond acceptors (Lipinski definition) is 13. The van der Waals surface area contributed by atoms with Gasteiger partial charge in [0, 0.05) is 51.0 Å². The van der Waals surface area contributed by atoms with Crippen molar-refractivity contribution in [1.29, 1.82) is 0 Å². The van der Waals surface area contributed by atoms with Crippen molar-refractivity contribution in [2.45, 2.75) is 121 Å². The van der Waals surface area contributed by atoms with E-state index in [1.807, 2.05) is 18.2 Å². The zero-order valence-corrected chi connectivity index (χ0v) is 40.1. The monoisotopic (exact) mass is 994 g/mol. The van der Waals surface area contributed by atoms with Crippen molar-refractivity contribution in [3.05, 3.63) is 60.2 Å². The van der Waals surface area contributed by atoms with Crippen LogP contribution in [0, 0.1) is 5.92 Å². The highest BCUT2D eigenvalue weighted by Crippen LogP contribution is 2.25. The van der Waals surface area contributed by atoms with Gasteiger partial charge in [-0.2, -0.15) is 0 Å². The van der Waals surface area contributed by atoms with Crippen LogP contribution in [0.15, 0.2) is 54.6 Å². The van der Waals surface area contributed by atoms with Crippen molar-refractivity contribution in [3.8, 4) is 11.5 Å². The molecule has 0 spiro atoms. The highest BCUT2D eigenvalue weighted by molar-refractivity contribution is 5.98. The highest BCUT2D eigenvalue weighted by Gasteiger charge is 2.40. The van der Waals surface area contributed by atoms with Crippen LogP contribution in [0.4, 0.5) is 0 Å².